The van der Waals surface area contributed by atoms with Gasteiger partial charge in [-0.3, -0.25) is 5.21 Å². The Labute approximate surface area is 127 Å². The van der Waals surface area contributed by atoms with E-state index in [2.05, 4.69) is 4.74 Å². The van der Waals surface area contributed by atoms with Crippen LogP contribution in [-0.4, -0.2) is 18.3 Å². The van der Waals surface area contributed by atoms with E-state index in [0.29, 0.717) is 10.3 Å². The van der Waals surface area contributed by atoms with Gasteiger partial charge in [-0.1, -0.05) is 31.5 Å². The zero-order valence-corrected chi connectivity index (χ0v) is 12.7. The van der Waals surface area contributed by atoms with Gasteiger partial charge in [-0.2, -0.15) is 0 Å². The summed E-state index contributed by atoms with van der Waals surface area (Å²) in [5.41, 5.74) is 0.485. The van der Waals surface area contributed by atoms with Gasteiger partial charge in [0.15, 0.2) is 0 Å². The SMILES string of the molecule is CC.COC(=O)c1cc(Cl)c[n+](O)c1-c1cccc(F)c1. The zero-order valence-electron chi connectivity index (χ0n) is 11.9. The summed E-state index contributed by atoms with van der Waals surface area (Å²) in [4.78, 5) is 11.7. The summed E-state index contributed by atoms with van der Waals surface area (Å²) in [6.07, 6.45) is 1.20. The first-order chi connectivity index (χ1) is 10.0. The number of hydrogen-bond acceptors (Lipinski definition) is 3. The fourth-order valence-corrected chi connectivity index (χ4v) is 1.94. The maximum atomic E-state index is 13.2. The number of carbonyl (C=O) groups is 1. The van der Waals surface area contributed by atoms with Gasteiger partial charge < -0.3 is 4.74 Å². The molecule has 2 aromatic rings. The summed E-state index contributed by atoms with van der Waals surface area (Å²) < 4.78 is 18.5. The molecule has 2 rings (SSSR count). The van der Waals surface area contributed by atoms with Gasteiger partial charge in [-0.25, -0.2) is 9.18 Å². The Bertz CT molecular complexity index is 647. The molecule has 0 aliphatic rings. The van der Waals surface area contributed by atoms with Gasteiger partial charge in [0.05, 0.1) is 12.7 Å². The number of rotatable bonds is 2. The van der Waals surface area contributed by atoms with Crippen LogP contribution in [0.2, 0.25) is 5.02 Å². The van der Waals surface area contributed by atoms with E-state index in [1.54, 1.807) is 6.07 Å². The molecule has 21 heavy (non-hydrogen) atoms. The molecule has 0 bridgehead atoms. The predicted octanol–water partition coefficient (Wildman–Crippen LogP) is 3.48. The van der Waals surface area contributed by atoms with Crippen molar-refractivity contribution in [3.05, 3.63) is 52.9 Å². The third kappa shape index (κ3) is 3.92. The summed E-state index contributed by atoms with van der Waals surface area (Å²) in [6.45, 7) is 4.00. The number of hydrogen-bond donors (Lipinski definition) is 1. The van der Waals surface area contributed by atoms with Gasteiger partial charge >= 0.3 is 5.97 Å². The summed E-state index contributed by atoms with van der Waals surface area (Å²) in [5.74, 6) is -1.16. The molecule has 1 aromatic carbocycles. The molecule has 0 atom stereocenters. The van der Waals surface area contributed by atoms with Gasteiger partial charge in [0, 0.05) is 4.73 Å². The normalized spacial score (nSPS) is 9.57. The van der Waals surface area contributed by atoms with Gasteiger partial charge in [0.1, 0.15) is 16.4 Å². The molecule has 1 N–H and O–H groups in total. The highest BCUT2D eigenvalue weighted by molar-refractivity contribution is 6.30. The number of nitrogens with zero attached hydrogens (tertiary/aromatic N) is 1. The topological polar surface area (TPSA) is 50.4 Å². The second kappa shape index (κ2) is 7.59. The lowest BCUT2D eigenvalue weighted by atomic mass is 10.1. The largest absolute Gasteiger partial charge is 0.465 e. The van der Waals surface area contributed by atoms with Gasteiger partial charge in [0.25, 0.3) is 5.69 Å². The van der Waals surface area contributed by atoms with Crippen LogP contribution in [0.15, 0.2) is 36.5 Å². The van der Waals surface area contributed by atoms with E-state index in [1.165, 1.54) is 37.6 Å². The van der Waals surface area contributed by atoms with E-state index < -0.39 is 11.8 Å². The second-order valence-corrected chi connectivity index (χ2v) is 4.20. The van der Waals surface area contributed by atoms with Crippen molar-refractivity contribution in [3.8, 4) is 11.3 Å². The highest BCUT2D eigenvalue weighted by Crippen LogP contribution is 2.23. The van der Waals surface area contributed by atoms with E-state index in [1.807, 2.05) is 13.8 Å². The number of esters is 1. The second-order valence-electron chi connectivity index (χ2n) is 3.77. The fraction of sp³-hybridized carbons (Fsp3) is 0.200. The number of methoxy groups -OCH3 is 1. The highest BCUT2D eigenvalue weighted by Gasteiger charge is 2.26. The lowest BCUT2D eigenvalue weighted by molar-refractivity contribution is -0.896. The molecule has 1 heterocycles. The molecule has 112 valence electrons. The third-order valence-electron chi connectivity index (χ3n) is 2.52. The monoisotopic (exact) mass is 312 g/mol. The first-order valence-electron chi connectivity index (χ1n) is 6.31. The Hall–Kier alpha value is -2.14. The van der Waals surface area contributed by atoms with E-state index in [0.717, 1.165) is 0 Å². The molecule has 0 radical (unpaired) electrons. The molecule has 1 aromatic heterocycles. The standard InChI is InChI=1S/C13H10ClFNO3.C2H6/c1-19-13(17)11-6-9(14)7-16(18)12(11)8-3-2-4-10(15)5-8;1-2/h2-7,18H,1H3;1-2H3/q+1;. The van der Waals surface area contributed by atoms with Crippen molar-refractivity contribution >= 4 is 17.6 Å². The fourth-order valence-electron chi connectivity index (χ4n) is 1.74. The van der Waals surface area contributed by atoms with E-state index >= 15 is 0 Å². The molecule has 0 amide bonds. The van der Waals surface area contributed by atoms with Crippen molar-refractivity contribution in [2.24, 2.45) is 0 Å². The molecule has 0 aliphatic heterocycles. The Morgan fingerprint density at radius 1 is 1.33 bits per heavy atom. The van der Waals surface area contributed by atoms with Crippen LogP contribution in [-0.2, 0) is 4.74 Å². The van der Waals surface area contributed by atoms with Crippen LogP contribution in [0.3, 0.4) is 0 Å². The maximum Gasteiger partial charge on any atom is 0.344 e. The molecule has 0 spiro atoms. The van der Waals surface area contributed by atoms with Crippen LogP contribution in [0.25, 0.3) is 11.3 Å². The van der Waals surface area contributed by atoms with Crippen molar-refractivity contribution in [3.63, 3.8) is 0 Å². The minimum absolute atomic E-state index is 0.0445. The Balaban J connectivity index is 0.00000106. The average molecular weight is 313 g/mol. The number of carbonyl (C=O) groups excluding carboxylic acids is 1. The summed E-state index contributed by atoms with van der Waals surface area (Å²) in [6, 6.07) is 6.84. The van der Waals surface area contributed by atoms with Gasteiger partial charge in [0.2, 0.25) is 6.20 Å². The molecular weight excluding hydrogens is 297 g/mol. The molecule has 4 nitrogen and oxygen atoms in total. The van der Waals surface area contributed by atoms with Crippen LogP contribution in [0.1, 0.15) is 24.2 Å². The first kappa shape index (κ1) is 16.9. The Morgan fingerprint density at radius 3 is 2.57 bits per heavy atom. The van der Waals surface area contributed by atoms with Crippen LogP contribution in [0.4, 0.5) is 4.39 Å². The zero-order chi connectivity index (χ0) is 16.0. The van der Waals surface area contributed by atoms with Crippen molar-refractivity contribution in [2.45, 2.75) is 13.8 Å². The molecule has 0 fully saturated rings. The third-order valence-corrected chi connectivity index (χ3v) is 2.72. The smallest absolute Gasteiger partial charge is 0.344 e. The van der Waals surface area contributed by atoms with Crippen LogP contribution in [0.5, 0.6) is 0 Å². The summed E-state index contributed by atoms with van der Waals surface area (Å²) in [7, 11) is 1.21. The number of ether oxygens (including phenoxy) is 1. The number of pyridine rings is 1. The van der Waals surface area contributed by atoms with Crippen molar-refractivity contribution in [1.29, 1.82) is 0 Å². The van der Waals surface area contributed by atoms with Gasteiger partial charge in [-0.15, -0.1) is 0 Å². The average Bonchev–Trinajstić information content (AvgIpc) is 2.47. The number of benzene rings is 1. The Kier molecular flexibility index (Phi) is 6.11. The maximum absolute atomic E-state index is 13.2. The predicted molar refractivity (Wildman–Crippen MR) is 76.9 cm³/mol. The minimum Gasteiger partial charge on any atom is -0.465 e. The lowest BCUT2D eigenvalue weighted by Crippen LogP contribution is -2.34. The van der Waals surface area contributed by atoms with E-state index in [4.69, 9.17) is 11.6 Å². The number of halogens is 2. The molecule has 6 heteroatoms. The van der Waals surface area contributed by atoms with Gasteiger partial charge in [-0.05, 0) is 24.3 Å². The molecule has 0 saturated carbocycles. The van der Waals surface area contributed by atoms with Crippen LogP contribution >= 0.6 is 11.6 Å². The quantitative estimate of drug-likeness (QED) is 0.525. The summed E-state index contributed by atoms with van der Waals surface area (Å²) in [5, 5.41) is 10.0. The summed E-state index contributed by atoms with van der Waals surface area (Å²) >= 11 is 5.78. The molecule has 0 aliphatic carbocycles. The van der Waals surface area contributed by atoms with E-state index in [9.17, 15) is 14.4 Å². The lowest BCUT2D eigenvalue weighted by Gasteiger charge is -2.04. The first-order valence-corrected chi connectivity index (χ1v) is 6.69. The molecule has 0 saturated heterocycles. The van der Waals surface area contributed by atoms with Crippen molar-refractivity contribution in [2.75, 3.05) is 7.11 Å². The number of aromatic nitrogens is 1. The van der Waals surface area contributed by atoms with Crippen molar-refractivity contribution < 1.29 is 23.9 Å². The molecular formula is C15H16ClFNO3+. The molecule has 0 unspecified atom stereocenters. The van der Waals surface area contributed by atoms with Crippen LogP contribution in [0, 0.1) is 5.82 Å². The van der Waals surface area contributed by atoms with E-state index in [-0.39, 0.29) is 16.3 Å². The van der Waals surface area contributed by atoms with Crippen LogP contribution < -0.4 is 4.73 Å². The highest BCUT2D eigenvalue weighted by atomic mass is 35.5. The van der Waals surface area contributed by atoms with Crippen molar-refractivity contribution in [1.82, 2.24) is 0 Å². The Morgan fingerprint density at radius 2 is 2.00 bits per heavy atom. The minimum atomic E-state index is -0.676.